The summed E-state index contributed by atoms with van der Waals surface area (Å²) in [6.45, 7) is 5.41. The third-order valence-electron chi connectivity index (χ3n) is 3.59. The maximum absolute atomic E-state index is 12.2. The first-order valence-corrected chi connectivity index (χ1v) is 7.49. The molecule has 5 nitrogen and oxygen atoms in total. The zero-order valence-electron chi connectivity index (χ0n) is 12.6. The molecule has 1 fully saturated rings. The molecular weight excluding hydrogens is 266 g/mol. The summed E-state index contributed by atoms with van der Waals surface area (Å²) in [4.78, 5) is 23.9. The molecule has 114 valence electrons. The van der Waals surface area contributed by atoms with E-state index >= 15 is 0 Å². The Hall–Kier alpha value is -1.88. The predicted molar refractivity (Wildman–Crippen MR) is 84.1 cm³/mol. The van der Waals surface area contributed by atoms with E-state index in [2.05, 4.69) is 16.0 Å². The maximum atomic E-state index is 12.2. The van der Waals surface area contributed by atoms with Gasteiger partial charge in [0.05, 0.1) is 5.92 Å². The van der Waals surface area contributed by atoms with Crippen LogP contribution in [0, 0.1) is 11.8 Å². The molecule has 1 aromatic carbocycles. The molecule has 0 aromatic heterocycles. The number of piperidine rings is 1. The van der Waals surface area contributed by atoms with Gasteiger partial charge in [-0.05, 0) is 37.6 Å². The van der Waals surface area contributed by atoms with E-state index in [-0.39, 0.29) is 23.7 Å². The van der Waals surface area contributed by atoms with Gasteiger partial charge in [0, 0.05) is 23.8 Å². The van der Waals surface area contributed by atoms with Gasteiger partial charge in [0.2, 0.25) is 11.8 Å². The normalized spacial score (nSPS) is 18.3. The molecule has 1 saturated heterocycles. The van der Waals surface area contributed by atoms with Crippen molar-refractivity contribution < 1.29 is 9.59 Å². The van der Waals surface area contributed by atoms with E-state index in [9.17, 15) is 9.59 Å². The van der Waals surface area contributed by atoms with Gasteiger partial charge in [-0.2, -0.15) is 0 Å². The van der Waals surface area contributed by atoms with E-state index in [0.29, 0.717) is 11.4 Å². The van der Waals surface area contributed by atoms with E-state index in [4.69, 9.17) is 0 Å². The first kappa shape index (κ1) is 15.5. The highest BCUT2D eigenvalue weighted by Gasteiger charge is 2.20. The molecule has 0 saturated carbocycles. The highest BCUT2D eigenvalue weighted by molar-refractivity contribution is 5.95. The molecule has 1 aromatic rings. The number of benzene rings is 1. The van der Waals surface area contributed by atoms with Crippen LogP contribution in [0.3, 0.4) is 0 Å². The molecule has 0 aliphatic carbocycles. The van der Waals surface area contributed by atoms with Gasteiger partial charge in [-0.3, -0.25) is 9.59 Å². The van der Waals surface area contributed by atoms with Gasteiger partial charge >= 0.3 is 0 Å². The Balaban J connectivity index is 1.97. The molecule has 2 rings (SSSR count). The van der Waals surface area contributed by atoms with E-state index in [1.165, 1.54) is 0 Å². The number of amides is 2. The summed E-state index contributed by atoms with van der Waals surface area (Å²) in [6, 6.07) is 7.26. The summed E-state index contributed by atoms with van der Waals surface area (Å²) in [7, 11) is 0. The van der Waals surface area contributed by atoms with Crippen LogP contribution in [0.15, 0.2) is 24.3 Å². The Morgan fingerprint density at radius 2 is 1.95 bits per heavy atom. The van der Waals surface area contributed by atoms with E-state index in [1.54, 1.807) is 6.07 Å². The lowest BCUT2D eigenvalue weighted by molar-refractivity contribution is -0.120. The van der Waals surface area contributed by atoms with E-state index in [1.807, 2.05) is 32.0 Å². The molecule has 1 atom stereocenters. The van der Waals surface area contributed by atoms with Crippen molar-refractivity contribution in [2.75, 3.05) is 23.7 Å². The Morgan fingerprint density at radius 1 is 1.24 bits per heavy atom. The molecule has 1 aliphatic heterocycles. The van der Waals surface area contributed by atoms with Crippen LogP contribution < -0.4 is 16.0 Å². The van der Waals surface area contributed by atoms with E-state index < -0.39 is 0 Å². The monoisotopic (exact) mass is 289 g/mol. The Bertz CT molecular complexity index is 508. The molecule has 5 heteroatoms. The summed E-state index contributed by atoms with van der Waals surface area (Å²) in [5.41, 5.74) is 1.42. The highest BCUT2D eigenvalue weighted by Crippen LogP contribution is 2.18. The molecule has 21 heavy (non-hydrogen) atoms. The second-order valence-corrected chi connectivity index (χ2v) is 5.76. The van der Waals surface area contributed by atoms with Crippen molar-refractivity contribution in [2.24, 2.45) is 11.8 Å². The zero-order valence-corrected chi connectivity index (χ0v) is 12.6. The first-order chi connectivity index (χ1) is 10.1. The van der Waals surface area contributed by atoms with Crippen LogP contribution in [-0.2, 0) is 9.59 Å². The maximum Gasteiger partial charge on any atom is 0.228 e. The van der Waals surface area contributed by atoms with Crippen molar-refractivity contribution >= 4 is 23.2 Å². The second-order valence-electron chi connectivity index (χ2n) is 5.76. The Morgan fingerprint density at radius 3 is 2.57 bits per heavy atom. The fraction of sp³-hybridized carbons (Fsp3) is 0.500. The van der Waals surface area contributed by atoms with Crippen LogP contribution in [0.4, 0.5) is 11.4 Å². The van der Waals surface area contributed by atoms with Crippen LogP contribution in [0.5, 0.6) is 0 Å². The second kappa shape index (κ2) is 7.22. The average molecular weight is 289 g/mol. The number of hydrogen-bond acceptors (Lipinski definition) is 3. The summed E-state index contributed by atoms with van der Waals surface area (Å²) >= 11 is 0. The lowest BCUT2D eigenvalue weighted by Crippen LogP contribution is -2.37. The van der Waals surface area contributed by atoms with Gasteiger partial charge in [0.15, 0.2) is 0 Å². The lowest BCUT2D eigenvalue weighted by Gasteiger charge is -2.22. The van der Waals surface area contributed by atoms with Crippen molar-refractivity contribution in [3.63, 3.8) is 0 Å². The molecule has 3 N–H and O–H groups in total. The number of hydrogen-bond donors (Lipinski definition) is 3. The molecule has 0 spiro atoms. The Labute approximate surface area is 125 Å². The van der Waals surface area contributed by atoms with Gasteiger partial charge < -0.3 is 16.0 Å². The van der Waals surface area contributed by atoms with Crippen molar-refractivity contribution in [1.29, 1.82) is 0 Å². The minimum absolute atomic E-state index is 0.0210. The van der Waals surface area contributed by atoms with Gasteiger partial charge in [-0.1, -0.05) is 19.9 Å². The minimum atomic E-state index is -0.0726. The van der Waals surface area contributed by atoms with Crippen LogP contribution in [0.25, 0.3) is 0 Å². The minimum Gasteiger partial charge on any atom is -0.326 e. The summed E-state index contributed by atoms with van der Waals surface area (Å²) in [6.07, 6.45) is 1.95. The SMILES string of the molecule is CC(C)C(=O)Nc1cccc(NC(=O)[C@@H]2CCCNC2)c1. The first-order valence-electron chi connectivity index (χ1n) is 7.49. The number of nitrogens with one attached hydrogen (secondary N) is 3. The van der Waals surface area contributed by atoms with Crippen LogP contribution >= 0.6 is 0 Å². The topological polar surface area (TPSA) is 70.2 Å². The van der Waals surface area contributed by atoms with Gasteiger partial charge in [-0.15, -0.1) is 0 Å². The predicted octanol–water partition coefficient (Wildman–Crippen LogP) is 2.22. The quantitative estimate of drug-likeness (QED) is 0.796. The number of carbonyl (C=O) groups is 2. The third-order valence-corrected chi connectivity index (χ3v) is 3.59. The average Bonchev–Trinajstić information content (AvgIpc) is 2.48. The molecule has 0 radical (unpaired) electrons. The van der Waals surface area contributed by atoms with Gasteiger partial charge in [0.1, 0.15) is 0 Å². The standard InChI is InChI=1S/C16H23N3O2/c1-11(2)15(20)18-13-6-3-7-14(9-13)19-16(21)12-5-4-8-17-10-12/h3,6-7,9,11-12,17H,4-5,8,10H2,1-2H3,(H,18,20)(H,19,21)/t12-/m1/s1. The van der Waals surface area contributed by atoms with Crippen molar-refractivity contribution in [3.05, 3.63) is 24.3 Å². The van der Waals surface area contributed by atoms with Gasteiger partial charge in [0.25, 0.3) is 0 Å². The molecule has 1 heterocycles. The number of anilines is 2. The van der Waals surface area contributed by atoms with Crippen molar-refractivity contribution in [3.8, 4) is 0 Å². The Kier molecular flexibility index (Phi) is 5.33. The molecule has 2 amide bonds. The van der Waals surface area contributed by atoms with Crippen LogP contribution in [-0.4, -0.2) is 24.9 Å². The summed E-state index contributed by atoms with van der Waals surface area (Å²) < 4.78 is 0. The fourth-order valence-corrected chi connectivity index (χ4v) is 2.28. The highest BCUT2D eigenvalue weighted by atomic mass is 16.2. The van der Waals surface area contributed by atoms with Crippen molar-refractivity contribution in [2.45, 2.75) is 26.7 Å². The van der Waals surface area contributed by atoms with Crippen LogP contribution in [0.1, 0.15) is 26.7 Å². The number of carbonyl (C=O) groups excluding carboxylic acids is 2. The van der Waals surface area contributed by atoms with Crippen molar-refractivity contribution in [1.82, 2.24) is 5.32 Å². The van der Waals surface area contributed by atoms with Gasteiger partial charge in [-0.25, -0.2) is 0 Å². The molecular formula is C16H23N3O2. The molecule has 1 aliphatic rings. The summed E-state index contributed by atoms with van der Waals surface area (Å²) in [5.74, 6) is -0.0475. The van der Waals surface area contributed by atoms with Crippen LogP contribution in [0.2, 0.25) is 0 Å². The lowest BCUT2D eigenvalue weighted by atomic mass is 9.99. The molecule has 0 bridgehead atoms. The fourth-order valence-electron chi connectivity index (χ4n) is 2.28. The summed E-state index contributed by atoms with van der Waals surface area (Å²) in [5, 5.41) is 8.99. The smallest absolute Gasteiger partial charge is 0.228 e. The van der Waals surface area contributed by atoms with E-state index in [0.717, 1.165) is 25.9 Å². The molecule has 0 unspecified atom stereocenters. The third kappa shape index (κ3) is 4.56. The number of rotatable bonds is 4. The zero-order chi connectivity index (χ0) is 15.2. The largest absolute Gasteiger partial charge is 0.326 e.